The summed E-state index contributed by atoms with van der Waals surface area (Å²) in [6.07, 6.45) is 3.08. The Bertz CT molecular complexity index is 440. The van der Waals surface area contributed by atoms with Gasteiger partial charge in [-0.05, 0) is 12.1 Å². The maximum atomic E-state index is 13.3. The Morgan fingerprint density at radius 1 is 1.00 bits per heavy atom. The van der Waals surface area contributed by atoms with Crippen LogP contribution in [0, 0.1) is 11.6 Å². The van der Waals surface area contributed by atoms with Crippen molar-refractivity contribution in [2.24, 2.45) is 0 Å². The van der Waals surface area contributed by atoms with Crippen LogP contribution in [0.15, 0.2) is 42.7 Å². The summed E-state index contributed by atoms with van der Waals surface area (Å²) in [5.74, 6) is -1.67. The van der Waals surface area contributed by atoms with E-state index in [2.05, 4.69) is 4.98 Å². The minimum absolute atomic E-state index is 0.234. The minimum Gasteiger partial charge on any atom is -0.264 e. The monoisotopic (exact) mass is 191 g/mol. The molecule has 0 N–H and O–H groups in total. The number of pyridine rings is 1. The number of rotatable bonds is 1. The summed E-state index contributed by atoms with van der Waals surface area (Å²) in [5, 5.41) is 0. The highest BCUT2D eigenvalue weighted by molar-refractivity contribution is 5.62. The molecule has 0 bridgehead atoms. The zero-order valence-corrected chi connectivity index (χ0v) is 7.24. The normalized spacial score (nSPS) is 10.1. The minimum atomic E-state index is -0.841. The quantitative estimate of drug-likeness (QED) is 0.675. The van der Waals surface area contributed by atoms with E-state index >= 15 is 0 Å². The third kappa shape index (κ3) is 1.48. The summed E-state index contributed by atoms with van der Waals surface area (Å²) >= 11 is 0. The van der Waals surface area contributed by atoms with Crippen molar-refractivity contribution < 1.29 is 8.78 Å². The number of halogens is 2. The van der Waals surface area contributed by atoms with Crippen LogP contribution >= 0.6 is 0 Å². The van der Waals surface area contributed by atoms with Crippen molar-refractivity contribution >= 4 is 0 Å². The van der Waals surface area contributed by atoms with E-state index in [4.69, 9.17) is 0 Å². The van der Waals surface area contributed by atoms with Crippen LogP contribution in [0.3, 0.4) is 0 Å². The highest BCUT2D eigenvalue weighted by Gasteiger charge is 2.08. The molecule has 0 atom stereocenters. The largest absolute Gasteiger partial charge is 0.264 e. The van der Waals surface area contributed by atoms with Gasteiger partial charge in [-0.3, -0.25) is 4.98 Å². The van der Waals surface area contributed by atoms with Crippen LogP contribution in [0.4, 0.5) is 8.78 Å². The molecule has 14 heavy (non-hydrogen) atoms. The third-order valence-corrected chi connectivity index (χ3v) is 1.92. The second-order valence-electron chi connectivity index (χ2n) is 2.84. The van der Waals surface area contributed by atoms with Gasteiger partial charge in [-0.1, -0.05) is 18.2 Å². The van der Waals surface area contributed by atoms with Gasteiger partial charge < -0.3 is 0 Å². The molecule has 0 saturated carbocycles. The average Bonchev–Trinajstić information content (AvgIpc) is 2.23. The van der Waals surface area contributed by atoms with Crippen molar-refractivity contribution in [2.45, 2.75) is 0 Å². The Hall–Kier alpha value is -1.77. The van der Waals surface area contributed by atoms with E-state index in [0.717, 1.165) is 6.07 Å². The van der Waals surface area contributed by atoms with Gasteiger partial charge in [0, 0.05) is 23.5 Å². The van der Waals surface area contributed by atoms with Crippen LogP contribution in [0.1, 0.15) is 0 Å². The van der Waals surface area contributed by atoms with E-state index < -0.39 is 11.6 Å². The molecule has 0 aliphatic carbocycles. The second kappa shape index (κ2) is 3.54. The van der Waals surface area contributed by atoms with Crippen molar-refractivity contribution in [3.05, 3.63) is 54.4 Å². The highest BCUT2D eigenvalue weighted by atomic mass is 19.2. The summed E-state index contributed by atoms with van der Waals surface area (Å²) in [5.41, 5.74) is 0.808. The molecule has 0 radical (unpaired) electrons. The van der Waals surface area contributed by atoms with E-state index in [-0.39, 0.29) is 5.56 Å². The predicted octanol–water partition coefficient (Wildman–Crippen LogP) is 3.03. The number of hydrogen-bond acceptors (Lipinski definition) is 1. The molecule has 0 saturated heterocycles. The lowest BCUT2D eigenvalue weighted by atomic mass is 10.1. The van der Waals surface area contributed by atoms with Crippen LogP contribution in [-0.4, -0.2) is 4.98 Å². The topological polar surface area (TPSA) is 12.9 Å². The molecule has 0 aliphatic rings. The molecule has 0 unspecified atom stereocenters. The van der Waals surface area contributed by atoms with E-state index in [0.29, 0.717) is 5.56 Å². The molecule has 1 heterocycles. The molecule has 2 rings (SSSR count). The van der Waals surface area contributed by atoms with Crippen LogP contribution in [0.25, 0.3) is 11.1 Å². The Morgan fingerprint density at radius 2 is 1.86 bits per heavy atom. The van der Waals surface area contributed by atoms with Gasteiger partial charge >= 0.3 is 0 Å². The SMILES string of the molecule is Fc1cccc(-c2cccnc2)c1F. The fraction of sp³-hybridized carbons (Fsp3) is 0. The van der Waals surface area contributed by atoms with Gasteiger partial charge in [0.2, 0.25) is 0 Å². The lowest BCUT2D eigenvalue weighted by Gasteiger charge is -2.02. The van der Waals surface area contributed by atoms with Gasteiger partial charge in [0.1, 0.15) is 0 Å². The van der Waals surface area contributed by atoms with E-state index in [1.54, 1.807) is 18.3 Å². The lowest BCUT2D eigenvalue weighted by Crippen LogP contribution is -1.88. The van der Waals surface area contributed by atoms with Crippen LogP contribution < -0.4 is 0 Å². The molecule has 1 nitrogen and oxygen atoms in total. The number of hydrogen-bond donors (Lipinski definition) is 0. The number of benzene rings is 1. The first-order valence-corrected chi connectivity index (χ1v) is 4.13. The maximum Gasteiger partial charge on any atom is 0.166 e. The zero-order chi connectivity index (χ0) is 9.97. The van der Waals surface area contributed by atoms with Gasteiger partial charge in [-0.2, -0.15) is 0 Å². The smallest absolute Gasteiger partial charge is 0.166 e. The maximum absolute atomic E-state index is 13.3. The van der Waals surface area contributed by atoms with Gasteiger partial charge in [-0.15, -0.1) is 0 Å². The molecule has 0 fully saturated rings. The molecular weight excluding hydrogens is 184 g/mol. The number of nitrogens with zero attached hydrogens (tertiary/aromatic N) is 1. The summed E-state index contributed by atoms with van der Waals surface area (Å²) in [7, 11) is 0. The first-order valence-electron chi connectivity index (χ1n) is 4.13. The molecule has 0 aliphatic heterocycles. The van der Waals surface area contributed by atoms with Crippen molar-refractivity contribution in [1.82, 2.24) is 4.98 Å². The van der Waals surface area contributed by atoms with Crippen LogP contribution in [0.5, 0.6) is 0 Å². The first-order chi connectivity index (χ1) is 6.79. The van der Waals surface area contributed by atoms with Crippen molar-refractivity contribution in [3.63, 3.8) is 0 Å². The van der Waals surface area contributed by atoms with Gasteiger partial charge in [0.15, 0.2) is 11.6 Å². The van der Waals surface area contributed by atoms with Gasteiger partial charge in [0.25, 0.3) is 0 Å². The highest BCUT2D eigenvalue weighted by Crippen LogP contribution is 2.22. The molecule has 1 aromatic carbocycles. The standard InChI is InChI=1S/C11H7F2N/c12-10-5-1-4-9(11(10)13)8-3-2-6-14-7-8/h1-7H. The van der Waals surface area contributed by atoms with Crippen molar-refractivity contribution in [2.75, 3.05) is 0 Å². The molecule has 0 amide bonds. The summed E-state index contributed by atoms with van der Waals surface area (Å²) in [6, 6.07) is 7.45. The Morgan fingerprint density at radius 3 is 2.57 bits per heavy atom. The van der Waals surface area contributed by atoms with E-state index in [1.165, 1.54) is 18.3 Å². The third-order valence-electron chi connectivity index (χ3n) is 1.92. The predicted molar refractivity (Wildman–Crippen MR) is 49.6 cm³/mol. The average molecular weight is 191 g/mol. The summed E-state index contributed by atoms with van der Waals surface area (Å²) in [4.78, 5) is 3.84. The first kappa shape index (κ1) is 8.81. The molecule has 1 aromatic heterocycles. The fourth-order valence-corrected chi connectivity index (χ4v) is 1.25. The van der Waals surface area contributed by atoms with Crippen LogP contribution in [-0.2, 0) is 0 Å². The van der Waals surface area contributed by atoms with Crippen molar-refractivity contribution in [1.29, 1.82) is 0 Å². The van der Waals surface area contributed by atoms with Gasteiger partial charge in [-0.25, -0.2) is 8.78 Å². The zero-order valence-electron chi connectivity index (χ0n) is 7.24. The Balaban J connectivity index is 2.58. The molecule has 0 spiro atoms. The fourth-order valence-electron chi connectivity index (χ4n) is 1.25. The molecular formula is C11H7F2N. The van der Waals surface area contributed by atoms with Crippen molar-refractivity contribution in [3.8, 4) is 11.1 Å². The van der Waals surface area contributed by atoms with Crippen LogP contribution in [0.2, 0.25) is 0 Å². The van der Waals surface area contributed by atoms with Gasteiger partial charge in [0.05, 0.1) is 0 Å². The summed E-state index contributed by atoms with van der Waals surface area (Å²) in [6.45, 7) is 0. The molecule has 2 aromatic rings. The lowest BCUT2D eigenvalue weighted by molar-refractivity contribution is 0.511. The second-order valence-corrected chi connectivity index (χ2v) is 2.84. The van der Waals surface area contributed by atoms with E-state index in [9.17, 15) is 8.78 Å². The Kier molecular flexibility index (Phi) is 2.23. The van der Waals surface area contributed by atoms with E-state index in [1.807, 2.05) is 0 Å². The number of aromatic nitrogens is 1. The Labute approximate surface area is 80.0 Å². The molecule has 3 heteroatoms. The summed E-state index contributed by atoms with van der Waals surface area (Å²) < 4.78 is 26.2. The molecule has 70 valence electrons.